The van der Waals surface area contributed by atoms with Gasteiger partial charge in [-0.25, -0.2) is 8.42 Å². The number of sulfonamides is 1. The molecule has 0 atom stereocenters. The van der Waals surface area contributed by atoms with Crippen molar-refractivity contribution in [1.82, 2.24) is 4.72 Å². The van der Waals surface area contributed by atoms with Crippen LogP contribution < -0.4 is 14.6 Å². The molecule has 84 valence electrons. The Morgan fingerprint density at radius 2 is 2.20 bits per heavy atom. The summed E-state index contributed by atoms with van der Waals surface area (Å²) in [4.78, 5) is 10.9. The third-order valence-electron chi connectivity index (χ3n) is 1.47. The second-order valence-electron chi connectivity index (χ2n) is 2.61. The van der Waals surface area contributed by atoms with Crippen LogP contribution in [0.15, 0.2) is 10.3 Å². The summed E-state index contributed by atoms with van der Waals surface area (Å²) in [6.45, 7) is 1.69. The van der Waals surface area contributed by atoms with E-state index in [1.54, 1.807) is 6.92 Å². The number of rotatable bonds is 3. The van der Waals surface area contributed by atoms with Gasteiger partial charge in [0.25, 0.3) is 10.0 Å². The van der Waals surface area contributed by atoms with Crippen LogP contribution in [0, 0.1) is 6.92 Å². The Bertz CT molecular complexity index is 476. The van der Waals surface area contributed by atoms with E-state index in [0.717, 1.165) is 11.3 Å². The fourth-order valence-electron chi connectivity index (χ4n) is 0.955. The lowest BCUT2D eigenvalue weighted by molar-refractivity contribution is -0.247. The second kappa shape index (κ2) is 4.07. The molecule has 1 rings (SSSR count). The molecule has 0 saturated carbocycles. The van der Waals surface area contributed by atoms with Gasteiger partial charge in [-0.2, -0.15) is 0 Å². The highest BCUT2D eigenvalue weighted by Crippen LogP contribution is 2.32. The highest BCUT2D eigenvalue weighted by atomic mass is 32.2. The molecule has 0 unspecified atom stereocenters. The minimum Gasteiger partial charge on any atom is -0.529 e. The van der Waals surface area contributed by atoms with Crippen LogP contribution in [0.5, 0.6) is 5.75 Å². The van der Waals surface area contributed by atoms with E-state index < -0.39 is 16.1 Å². The summed E-state index contributed by atoms with van der Waals surface area (Å²) in [5, 5.41) is 10.2. The fourth-order valence-corrected chi connectivity index (χ4v) is 3.33. The van der Waals surface area contributed by atoms with Gasteiger partial charge in [-0.1, -0.05) is 0 Å². The van der Waals surface area contributed by atoms with Gasteiger partial charge < -0.3 is 14.6 Å². The molecule has 8 heteroatoms. The topological polar surface area (TPSA) is 95.5 Å². The Morgan fingerprint density at radius 3 is 2.67 bits per heavy atom. The maximum absolute atomic E-state index is 11.4. The highest BCUT2D eigenvalue weighted by molar-refractivity contribution is 7.92. The summed E-state index contributed by atoms with van der Waals surface area (Å²) < 4.78 is 28.8. The van der Waals surface area contributed by atoms with Crippen molar-refractivity contribution < 1.29 is 23.1 Å². The molecule has 1 heterocycles. The average molecular weight is 250 g/mol. The summed E-state index contributed by atoms with van der Waals surface area (Å²) in [5.74, 6) is 0.117. The van der Waals surface area contributed by atoms with Gasteiger partial charge in [0, 0.05) is 4.88 Å². The van der Waals surface area contributed by atoms with E-state index in [2.05, 4.69) is 0 Å². The number of carbonyl (C=O) groups is 1. The first-order valence-corrected chi connectivity index (χ1v) is 6.05. The first-order valence-electron chi connectivity index (χ1n) is 3.75. The van der Waals surface area contributed by atoms with Crippen molar-refractivity contribution in [2.45, 2.75) is 11.1 Å². The minimum absolute atomic E-state index is 0.117. The molecule has 0 fully saturated rings. The first kappa shape index (κ1) is 11.8. The van der Waals surface area contributed by atoms with Crippen molar-refractivity contribution >= 4 is 27.5 Å². The lowest BCUT2D eigenvalue weighted by Crippen LogP contribution is -2.40. The maximum Gasteiger partial charge on any atom is 0.276 e. The van der Waals surface area contributed by atoms with Crippen molar-refractivity contribution in [2.75, 3.05) is 7.11 Å². The van der Waals surface area contributed by atoms with Crippen LogP contribution in [0.25, 0.3) is 0 Å². The fraction of sp³-hybridized carbons (Fsp3) is 0.286. The molecular weight excluding hydrogens is 242 g/mol. The molecule has 0 radical (unpaired) electrons. The molecular formula is C7H8NO5S2-. The molecule has 0 bridgehead atoms. The second-order valence-corrected chi connectivity index (χ2v) is 5.74. The number of aryl methyl sites for hydroxylation is 1. The van der Waals surface area contributed by atoms with E-state index >= 15 is 0 Å². The molecule has 6 nitrogen and oxygen atoms in total. The van der Waals surface area contributed by atoms with Crippen LogP contribution in [-0.4, -0.2) is 21.6 Å². The molecule has 0 spiro atoms. The Hall–Kier alpha value is -1.28. The van der Waals surface area contributed by atoms with E-state index in [4.69, 9.17) is 4.74 Å². The number of carboxylic acid groups (broad SMARTS) is 1. The zero-order valence-electron chi connectivity index (χ0n) is 7.94. The number of hydrogen-bond acceptors (Lipinski definition) is 6. The van der Waals surface area contributed by atoms with E-state index in [9.17, 15) is 18.3 Å². The van der Waals surface area contributed by atoms with Gasteiger partial charge >= 0.3 is 0 Å². The largest absolute Gasteiger partial charge is 0.529 e. The number of nitrogens with one attached hydrogen (secondary N) is 1. The molecule has 0 aliphatic heterocycles. The van der Waals surface area contributed by atoms with E-state index in [0.29, 0.717) is 4.88 Å². The predicted octanol–water partition coefficient (Wildman–Crippen LogP) is -0.313. The normalized spacial score (nSPS) is 11.1. The molecule has 15 heavy (non-hydrogen) atoms. The number of thiophene rings is 1. The van der Waals surface area contributed by atoms with Gasteiger partial charge in [0.05, 0.1) is 7.11 Å². The molecule has 0 saturated heterocycles. The molecule has 0 aromatic carbocycles. The monoisotopic (exact) mass is 250 g/mol. The SMILES string of the molecule is COc1cc(C)sc1S(=O)(=O)NC(=O)[O-]. The summed E-state index contributed by atoms with van der Waals surface area (Å²) in [6, 6.07) is 1.51. The number of carbonyl (C=O) groups excluding carboxylic acids is 1. The van der Waals surface area contributed by atoms with Gasteiger partial charge in [0.1, 0.15) is 6.09 Å². The van der Waals surface area contributed by atoms with E-state index in [-0.39, 0.29) is 9.96 Å². The minimum atomic E-state index is -4.10. The van der Waals surface area contributed by atoms with Gasteiger partial charge in [0.15, 0.2) is 9.96 Å². The van der Waals surface area contributed by atoms with Crippen molar-refractivity contribution in [3.05, 3.63) is 10.9 Å². The molecule has 0 aliphatic carbocycles. The highest BCUT2D eigenvalue weighted by Gasteiger charge is 2.22. The number of ether oxygens (including phenoxy) is 1. The first-order chi connectivity index (χ1) is 6.86. The molecule has 1 amide bonds. The van der Waals surface area contributed by atoms with Crippen LogP contribution in [0.1, 0.15) is 4.88 Å². The smallest absolute Gasteiger partial charge is 0.276 e. The Kier molecular flexibility index (Phi) is 3.20. The van der Waals surface area contributed by atoms with Crippen molar-refractivity contribution in [1.29, 1.82) is 0 Å². The Balaban J connectivity index is 3.20. The van der Waals surface area contributed by atoms with Crippen LogP contribution in [0.4, 0.5) is 4.79 Å². The van der Waals surface area contributed by atoms with Crippen LogP contribution >= 0.6 is 11.3 Å². The summed E-state index contributed by atoms with van der Waals surface area (Å²) in [7, 11) is -2.79. The predicted molar refractivity (Wildman–Crippen MR) is 51.3 cm³/mol. The maximum atomic E-state index is 11.4. The summed E-state index contributed by atoms with van der Waals surface area (Å²) in [5.41, 5.74) is 0. The van der Waals surface area contributed by atoms with Gasteiger partial charge in [-0.05, 0) is 13.0 Å². The average Bonchev–Trinajstić information content (AvgIpc) is 2.45. The standard InChI is InChI=1S/C7H9NO5S2/c1-4-3-5(13-2)6(14-4)15(11,12)8-7(9)10/h3,8H,1-2H3,(H,9,10)/p-1. The molecule has 1 aromatic rings. The Morgan fingerprint density at radius 1 is 1.60 bits per heavy atom. The van der Waals surface area contributed by atoms with Crippen LogP contribution in [0.3, 0.4) is 0 Å². The zero-order chi connectivity index (χ0) is 11.6. The van der Waals surface area contributed by atoms with Crippen LogP contribution in [0.2, 0.25) is 0 Å². The third-order valence-corrected chi connectivity index (χ3v) is 4.33. The van der Waals surface area contributed by atoms with Crippen molar-refractivity contribution in [3.8, 4) is 5.75 Å². The van der Waals surface area contributed by atoms with E-state index in [1.165, 1.54) is 17.9 Å². The summed E-state index contributed by atoms with van der Waals surface area (Å²) >= 11 is 0.921. The van der Waals surface area contributed by atoms with Crippen molar-refractivity contribution in [3.63, 3.8) is 0 Å². The quantitative estimate of drug-likeness (QED) is 0.793. The lowest BCUT2D eigenvalue weighted by atomic mass is 10.5. The number of hydrogen-bond donors (Lipinski definition) is 1. The van der Waals surface area contributed by atoms with Crippen molar-refractivity contribution in [2.24, 2.45) is 0 Å². The number of methoxy groups -OCH3 is 1. The van der Waals surface area contributed by atoms with Gasteiger partial charge in [0.2, 0.25) is 0 Å². The van der Waals surface area contributed by atoms with Gasteiger partial charge in [-0.3, -0.25) is 4.72 Å². The molecule has 1 aromatic heterocycles. The number of amides is 1. The van der Waals surface area contributed by atoms with Crippen LogP contribution in [-0.2, 0) is 10.0 Å². The zero-order valence-corrected chi connectivity index (χ0v) is 9.57. The van der Waals surface area contributed by atoms with Gasteiger partial charge in [-0.15, -0.1) is 11.3 Å². The third kappa shape index (κ3) is 2.60. The molecule has 1 N–H and O–H groups in total. The molecule has 0 aliphatic rings. The van der Waals surface area contributed by atoms with E-state index in [1.807, 2.05) is 0 Å². The lowest BCUT2D eigenvalue weighted by Gasteiger charge is -2.07. The summed E-state index contributed by atoms with van der Waals surface area (Å²) in [6.07, 6.45) is -1.87. The Labute approximate surface area is 90.5 Å².